The zero-order valence-electron chi connectivity index (χ0n) is 6.31. The fourth-order valence-corrected chi connectivity index (χ4v) is 3.25. The second-order valence-corrected chi connectivity index (χ2v) is 5.65. The van der Waals surface area contributed by atoms with Crippen LogP contribution >= 0.6 is 34.4 Å². The molecule has 4 heteroatoms. The first-order valence-corrected chi connectivity index (χ1v) is 5.34. The van der Waals surface area contributed by atoms with Crippen molar-refractivity contribution in [3.63, 3.8) is 0 Å². The van der Waals surface area contributed by atoms with Crippen molar-refractivity contribution in [3.05, 3.63) is 0 Å². The van der Waals surface area contributed by atoms with E-state index in [1.165, 1.54) is 7.11 Å². The number of methoxy groups -OCH3 is 1. The lowest BCUT2D eigenvalue weighted by atomic mass is 10.2. The van der Waals surface area contributed by atoms with Gasteiger partial charge in [0.2, 0.25) is 0 Å². The van der Waals surface area contributed by atoms with Gasteiger partial charge in [-0.25, -0.2) is 0 Å². The molecule has 0 aliphatic rings. The van der Waals surface area contributed by atoms with E-state index in [9.17, 15) is 4.79 Å². The molecule has 0 saturated carbocycles. The molecule has 0 aliphatic heterocycles. The summed E-state index contributed by atoms with van der Waals surface area (Å²) in [6, 6.07) is 0. The molecule has 60 valence electrons. The maximum absolute atomic E-state index is 11.0. The van der Waals surface area contributed by atoms with Crippen molar-refractivity contribution < 1.29 is 9.53 Å². The first kappa shape index (κ1) is 10.6. The van der Waals surface area contributed by atoms with Gasteiger partial charge in [-0.3, -0.25) is 4.79 Å². The molecule has 0 heterocycles. The highest BCUT2D eigenvalue weighted by molar-refractivity contribution is 14.1. The summed E-state index contributed by atoms with van der Waals surface area (Å²) in [5, 5.41) is 0. The predicted octanol–water partition coefficient (Wildman–Crippen LogP) is 2.06. The topological polar surface area (TPSA) is 26.3 Å². The van der Waals surface area contributed by atoms with Crippen molar-refractivity contribution in [2.75, 3.05) is 10.9 Å². The SMILES string of the molecule is COC(=O)C(C)(C)SCI. The average Bonchev–Trinajstić information content (AvgIpc) is 1.86. The van der Waals surface area contributed by atoms with Crippen LogP contribution in [0.5, 0.6) is 0 Å². The zero-order chi connectivity index (χ0) is 8.20. The fraction of sp³-hybridized carbons (Fsp3) is 0.833. The van der Waals surface area contributed by atoms with Crippen LogP contribution in [-0.4, -0.2) is 21.6 Å². The Morgan fingerprint density at radius 3 is 2.50 bits per heavy atom. The summed E-state index contributed by atoms with van der Waals surface area (Å²) < 4.78 is 5.11. The number of carbonyl (C=O) groups is 1. The molecular formula is C6H11IO2S. The molecule has 0 amide bonds. The average molecular weight is 274 g/mol. The first-order chi connectivity index (χ1) is 4.54. The van der Waals surface area contributed by atoms with Crippen LogP contribution in [0.4, 0.5) is 0 Å². The Balaban J connectivity index is 3.96. The second-order valence-electron chi connectivity index (χ2n) is 2.26. The van der Waals surface area contributed by atoms with Crippen molar-refractivity contribution in [2.45, 2.75) is 18.6 Å². The lowest BCUT2D eigenvalue weighted by Gasteiger charge is -2.18. The van der Waals surface area contributed by atoms with Crippen LogP contribution in [0, 0.1) is 0 Å². The molecular weight excluding hydrogens is 263 g/mol. The van der Waals surface area contributed by atoms with Gasteiger partial charge >= 0.3 is 5.97 Å². The molecule has 0 atom stereocenters. The highest BCUT2D eigenvalue weighted by Gasteiger charge is 2.28. The lowest BCUT2D eigenvalue weighted by molar-refractivity contribution is -0.142. The van der Waals surface area contributed by atoms with Gasteiger partial charge in [0.25, 0.3) is 0 Å². The third-order valence-electron chi connectivity index (χ3n) is 1.09. The Bertz CT molecular complexity index is 125. The molecule has 0 bridgehead atoms. The Morgan fingerprint density at radius 2 is 2.20 bits per heavy atom. The number of hydrogen-bond donors (Lipinski definition) is 0. The van der Waals surface area contributed by atoms with E-state index in [2.05, 4.69) is 27.3 Å². The van der Waals surface area contributed by atoms with E-state index in [1.807, 2.05) is 13.8 Å². The smallest absolute Gasteiger partial charge is 0.321 e. The van der Waals surface area contributed by atoms with Crippen LogP contribution in [-0.2, 0) is 9.53 Å². The Morgan fingerprint density at radius 1 is 1.70 bits per heavy atom. The molecule has 0 N–H and O–H groups in total. The van der Waals surface area contributed by atoms with Crippen LogP contribution in [0.25, 0.3) is 0 Å². The number of halogens is 1. The number of rotatable bonds is 3. The normalized spacial score (nSPS) is 11.2. The van der Waals surface area contributed by atoms with Crippen LogP contribution in [0.1, 0.15) is 13.8 Å². The van der Waals surface area contributed by atoms with E-state index < -0.39 is 4.75 Å². The minimum absolute atomic E-state index is 0.158. The molecule has 10 heavy (non-hydrogen) atoms. The number of esters is 1. The van der Waals surface area contributed by atoms with Gasteiger partial charge < -0.3 is 4.74 Å². The molecule has 2 nitrogen and oxygen atoms in total. The summed E-state index contributed by atoms with van der Waals surface area (Å²) in [5.74, 6) is -0.158. The van der Waals surface area contributed by atoms with Crippen molar-refractivity contribution in [1.29, 1.82) is 0 Å². The highest BCUT2D eigenvalue weighted by atomic mass is 127. The third-order valence-corrected chi connectivity index (χ3v) is 3.02. The van der Waals surface area contributed by atoms with Gasteiger partial charge in [0, 0.05) is 3.76 Å². The van der Waals surface area contributed by atoms with Crippen molar-refractivity contribution in [1.82, 2.24) is 0 Å². The maximum Gasteiger partial charge on any atom is 0.321 e. The molecule has 0 saturated heterocycles. The predicted molar refractivity (Wildman–Crippen MR) is 52.6 cm³/mol. The fourth-order valence-electron chi connectivity index (χ4n) is 0.441. The maximum atomic E-state index is 11.0. The molecule has 0 unspecified atom stereocenters. The molecule has 0 fully saturated rings. The molecule has 0 aromatic heterocycles. The van der Waals surface area contributed by atoms with Crippen LogP contribution in [0.15, 0.2) is 0 Å². The molecule has 0 spiro atoms. The standard InChI is InChI=1S/C6H11IO2S/c1-6(2,10-4-7)5(8)9-3/h4H2,1-3H3. The number of carbonyl (C=O) groups excluding carboxylic acids is 1. The van der Waals surface area contributed by atoms with E-state index in [-0.39, 0.29) is 5.97 Å². The van der Waals surface area contributed by atoms with E-state index >= 15 is 0 Å². The molecule has 0 rings (SSSR count). The van der Waals surface area contributed by atoms with Gasteiger partial charge in [-0.15, -0.1) is 11.8 Å². The number of thioether (sulfide) groups is 1. The summed E-state index contributed by atoms with van der Waals surface area (Å²) in [7, 11) is 1.41. The van der Waals surface area contributed by atoms with Gasteiger partial charge in [0.15, 0.2) is 0 Å². The highest BCUT2D eigenvalue weighted by Crippen LogP contribution is 2.26. The molecule has 0 aromatic rings. The Hall–Kier alpha value is 0.550. The van der Waals surface area contributed by atoms with E-state index in [0.717, 1.165) is 3.76 Å². The quantitative estimate of drug-likeness (QED) is 0.447. The van der Waals surface area contributed by atoms with Gasteiger partial charge in [0.1, 0.15) is 4.75 Å². The number of hydrogen-bond acceptors (Lipinski definition) is 3. The van der Waals surface area contributed by atoms with E-state index in [0.29, 0.717) is 0 Å². The van der Waals surface area contributed by atoms with Crippen LogP contribution in [0.3, 0.4) is 0 Å². The van der Waals surface area contributed by atoms with Crippen molar-refractivity contribution in [2.24, 2.45) is 0 Å². The third kappa shape index (κ3) is 3.09. The second kappa shape index (κ2) is 4.43. The summed E-state index contributed by atoms with van der Waals surface area (Å²) in [4.78, 5) is 11.0. The lowest BCUT2D eigenvalue weighted by Crippen LogP contribution is -2.28. The summed E-state index contributed by atoms with van der Waals surface area (Å²) in [5.41, 5.74) is 0. The minimum Gasteiger partial charge on any atom is -0.468 e. The van der Waals surface area contributed by atoms with Crippen molar-refractivity contribution >= 4 is 40.3 Å². The van der Waals surface area contributed by atoms with Gasteiger partial charge in [-0.2, -0.15) is 0 Å². The number of ether oxygens (including phenoxy) is 1. The monoisotopic (exact) mass is 274 g/mol. The van der Waals surface area contributed by atoms with Gasteiger partial charge in [-0.05, 0) is 13.8 Å². The zero-order valence-corrected chi connectivity index (χ0v) is 9.28. The Kier molecular flexibility index (Phi) is 4.68. The van der Waals surface area contributed by atoms with Gasteiger partial charge in [-0.1, -0.05) is 22.6 Å². The molecule has 0 aliphatic carbocycles. The van der Waals surface area contributed by atoms with Crippen LogP contribution in [0.2, 0.25) is 0 Å². The van der Waals surface area contributed by atoms with E-state index in [4.69, 9.17) is 0 Å². The molecule has 0 radical (unpaired) electrons. The number of alkyl halides is 1. The van der Waals surface area contributed by atoms with Crippen molar-refractivity contribution in [3.8, 4) is 0 Å². The summed E-state index contributed by atoms with van der Waals surface area (Å²) in [6.07, 6.45) is 0. The molecule has 0 aromatic carbocycles. The van der Waals surface area contributed by atoms with E-state index in [1.54, 1.807) is 11.8 Å². The first-order valence-electron chi connectivity index (χ1n) is 2.83. The van der Waals surface area contributed by atoms with Gasteiger partial charge in [0.05, 0.1) is 7.11 Å². The summed E-state index contributed by atoms with van der Waals surface area (Å²) in [6.45, 7) is 3.73. The Labute approximate surface area is 79.2 Å². The minimum atomic E-state index is -0.393. The summed E-state index contributed by atoms with van der Waals surface area (Å²) >= 11 is 3.80. The van der Waals surface area contributed by atoms with Crippen LogP contribution < -0.4 is 0 Å². The largest absolute Gasteiger partial charge is 0.468 e.